The highest BCUT2D eigenvalue weighted by Crippen LogP contribution is 2.48. The third-order valence-electron chi connectivity index (χ3n) is 7.15. The summed E-state index contributed by atoms with van der Waals surface area (Å²) in [7, 11) is 0. The van der Waals surface area contributed by atoms with Gasteiger partial charge in [0.2, 0.25) is 0 Å². The maximum Gasteiger partial charge on any atom is 0.326 e. The third-order valence-corrected chi connectivity index (χ3v) is 8.28. The maximum absolute atomic E-state index is 13.6. The number of hydrogen-bond donors (Lipinski definition) is 1. The van der Waals surface area contributed by atoms with Crippen LogP contribution in [0, 0.1) is 5.92 Å². The van der Waals surface area contributed by atoms with Crippen molar-refractivity contribution in [1.82, 2.24) is 5.32 Å². The normalized spacial score (nSPS) is 21.6. The van der Waals surface area contributed by atoms with Crippen LogP contribution in [-0.4, -0.2) is 25.3 Å². The van der Waals surface area contributed by atoms with Crippen molar-refractivity contribution >= 4 is 29.2 Å². The molecule has 0 radical (unpaired) electrons. The van der Waals surface area contributed by atoms with Crippen LogP contribution >= 0.6 is 11.8 Å². The van der Waals surface area contributed by atoms with E-state index in [-0.39, 0.29) is 17.6 Å². The number of carbonyl (C=O) groups is 1. The zero-order valence-electron chi connectivity index (χ0n) is 19.9. The second-order valence-corrected chi connectivity index (χ2v) is 10.7. The topological polar surface area (TPSA) is 41.6 Å². The molecule has 2 amide bonds. The van der Waals surface area contributed by atoms with Gasteiger partial charge in [0.05, 0.1) is 17.5 Å². The minimum absolute atomic E-state index is 0.00922. The standard InChI is InChI=1S/C29H32N2O2S/c1-21(2)25-20-29(17-19-33-25,22-10-4-3-5-11-22)16-18-30-28(32)31-23-12-6-8-14-26(23)34-27-15-9-7-13-24(27)31/h3-15,21,25H,16-20H2,1-2H3,(H,30,32)/t25-,29+/m1/s1. The number of rotatable bonds is 5. The summed E-state index contributed by atoms with van der Waals surface area (Å²) >= 11 is 1.71. The lowest BCUT2D eigenvalue weighted by atomic mass is 9.69. The molecule has 4 nitrogen and oxygen atoms in total. The Kier molecular flexibility index (Phi) is 6.66. The highest BCUT2D eigenvalue weighted by molar-refractivity contribution is 7.99. The summed E-state index contributed by atoms with van der Waals surface area (Å²) in [6.45, 7) is 5.84. The summed E-state index contributed by atoms with van der Waals surface area (Å²) in [4.78, 5) is 17.6. The molecule has 1 saturated heterocycles. The van der Waals surface area contributed by atoms with Gasteiger partial charge in [-0.25, -0.2) is 4.79 Å². The predicted octanol–water partition coefficient (Wildman–Crippen LogP) is 7.16. The fourth-order valence-corrected chi connectivity index (χ4v) is 6.27. The Morgan fingerprint density at radius 3 is 2.26 bits per heavy atom. The Labute approximate surface area is 206 Å². The first-order chi connectivity index (χ1) is 16.6. The molecule has 0 aliphatic carbocycles. The average molecular weight is 473 g/mol. The van der Waals surface area contributed by atoms with Gasteiger partial charge >= 0.3 is 6.03 Å². The van der Waals surface area contributed by atoms with Crippen LogP contribution in [0.15, 0.2) is 88.7 Å². The van der Waals surface area contributed by atoms with Crippen LogP contribution in [0.1, 0.15) is 38.7 Å². The number of ether oxygens (including phenoxy) is 1. The van der Waals surface area contributed by atoms with Gasteiger partial charge in [-0.15, -0.1) is 0 Å². The van der Waals surface area contributed by atoms with Crippen molar-refractivity contribution in [3.05, 3.63) is 84.4 Å². The van der Waals surface area contributed by atoms with Crippen LogP contribution in [0.4, 0.5) is 16.2 Å². The molecule has 2 aliphatic rings. The lowest BCUT2D eigenvalue weighted by molar-refractivity contribution is -0.0467. The number of fused-ring (bicyclic) bond motifs is 2. The Morgan fingerprint density at radius 2 is 1.62 bits per heavy atom. The lowest BCUT2D eigenvalue weighted by Crippen LogP contribution is -2.44. The van der Waals surface area contributed by atoms with Crippen molar-refractivity contribution in [2.45, 2.75) is 54.4 Å². The zero-order chi connectivity index (χ0) is 23.5. The van der Waals surface area contributed by atoms with E-state index < -0.39 is 0 Å². The number of carbonyl (C=O) groups excluding carboxylic acids is 1. The van der Waals surface area contributed by atoms with E-state index in [1.54, 1.807) is 11.8 Å². The Morgan fingerprint density at radius 1 is 1.00 bits per heavy atom. The van der Waals surface area contributed by atoms with Crippen molar-refractivity contribution in [3.8, 4) is 0 Å². The van der Waals surface area contributed by atoms with Gasteiger partial charge in [0.1, 0.15) is 0 Å². The molecule has 5 heteroatoms. The van der Waals surface area contributed by atoms with Gasteiger partial charge in [-0.1, -0.05) is 80.2 Å². The Balaban J connectivity index is 1.36. The number of anilines is 2. The summed E-state index contributed by atoms with van der Waals surface area (Å²) < 4.78 is 6.12. The number of urea groups is 1. The molecule has 0 spiro atoms. The van der Waals surface area contributed by atoms with Crippen molar-refractivity contribution in [3.63, 3.8) is 0 Å². The summed E-state index contributed by atoms with van der Waals surface area (Å²) in [5, 5.41) is 3.26. The van der Waals surface area contributed by atoms with E-state index in [9.17, 15) is 4.79 Å². The Bertz CT molecular complexity index is 1100. The fraction of sp³-hybridized carbons (Fsp3) is 0.345. The van der Waals surface area contributed by atoms with Crippen molar-refractivity contribution in [2.75, 3.05) is 18.1 Å². The van der Waals surface area contributed by atoms with Crippen LogP contribution in [0.2, 0.25) is 0 Å². The molecular formula is C29H32N2O2S. The van der Waals surface area contributed by atoms with Gasteiger partial charge in [-0.2, -0.15) is 0 Å². The molecule has 0 saturated carbocycles. The molecule has 3 aromatic rings. The largest absolute Gasteiger partial charge is 0.378 e. The van der Waals surface area contributed by atoms with Gasteiger partial charge in [0.15, 0.2) is 0 Å². The SMILES string of the molecule is CC(C)[C@H]1C[C@@](CCNC(=O)N2c3ccccc3Sc3ccccc32)(c2ccccc2)CCO1. The van der Waals surface area contributed by atoms with Crippen LogP contribution in [0.3, 0.4) is 0 Å². The first kappa shape index (κ1) is 23.0. The fourth-order valence-electron chi connectivity index (χ4n) is 5.22. The molecule has 2 atom stereocenters. The number of nitrogens with one attached hydrogen (secondary N) is 1. The molecule has 5 rings (SSSR count). The van der Waals surface area contributed by atoms with Crippen LogP contribution in [0.25, 0.3) is 0 Å². The average Bonchev–Trinajstić information content (AvgIpc) is 2.87. The monoisotopic (exact) mass is 472 g/mol. The van der Waals surface area contributed by atoms with Crippen molar-refractivity contribution in [1.29, 1.82) is 0 Å². The van der Waals surface area contributed by atoms with Gasteiger partial charge < -0.3 is 10.1 Å². The molecule has 1 fully saturated rings. The van der Waals surface area contributed by atoms with Gasteiger partial charge in [0.25, 0.3) is 0 Å². The number of amides is 2. The second kappa shape index (κ2) is 9.85. The smallest absolute Gasteiger partial charge is 0.326 e. The van der Waals surface area contributed by atoms with Crippen LogP contribution in [-0.2, 0) is 10.2 Å². The second-order valence-electron chi connectivity index (χ2n) is 9.61. The zero-order valence-corrected chi connectivity index (χ0v) is 20.7. The molecule has 0 aromatic heterocycles. The lowest BCUT2D eigenvalue weighted by Gasteiger charge is -2.43. The predicted molar refractivity (Wildman–Crippen MR) is 139 cm³/mol. The maximum atomic E-state index is 13.6. The number of para-hydroxylation sites is 2. The Hall–Kier alpha value is -2.76. The number of benzene rings is 3. The van der Waals surface area contributed by atoms with E-state index in [1.165, 1.54) is 5.56 Å². The van der Waals surface area contributed by atoms with Crippen LogP contribution in [0.5, 0.6) is 0 Å². The highest BCUT2D eigenvalue weighted by atomic mass is 32.2. The molecule has 176 valence electrons. The highest BCUT2D eigenvalue weighted by Gasteiger charge is 2.39. The first-order valence-electron chi connectivity index (χ1n) is 12.2. The van der Waals surface area contributed by atoms with E-state index in [2.05, 4.69) is 61.6 Å². The van der Waals surface area contributed by atoms with Crippen LogP contribution < -0.4 is 10.2 Å². The molecule has 0 unspecified atom stereocenters. The molecular weight excluding hydrogens is 440 g/mol. The van der Waals surface area contributed by atoms with E-state index >= 15 is 0 Å². The minimum atomic E-state index is -0.0733. The number of nitrogens with zero attached hydrogens (tertiary/aromatic N) is 1. The summed E-state index contributed by atoms with van der Waals surface area (Å²) in [6, 6.07) is 26.9. The third kappa shape index (κ3) is 4.47. The van der Waals surface area contributed by atoms with E-state index in [0.717, 1.165) is 47.0 Å². The first-order valence-corrected chi connectivity index (χ1v) is 13.0. The van der Waals surface area contributed by atoms with Crippen molar-refractivity contribution in [2.24, 2.45) is 5.92 Å². The van der Waals surface area contributed by atoms with Gasteiger partial charge in [-0.3, -0.25) is 4.90 Å². The molecule has 2 heterocycles. The molecule has 3 aromatic carbocycles. The number of hydrogen-bond acceptors (Lipinski definition) is 3. The molecule has 1 N–H and O–H groups in total. The van der Waals surface area contributed by atoms with E-state index in [4.69, 9.17) is 4.74 Å². The molecule has 2 aliphatic heterocycles. The van der Waals surface area contributed by atoms with Gasteiger partial charge in [-0.05, 0) is 55.0 Å². The minimum Gasteiger partial charge on any atom is -0.378 e. The molecule has 0 bridgehead atoms. The summed E-state index contributed by atoms with van der Waals surface area (Å²) in [5.41, 5.74) is 3.23. The van der Waals surface area contributed by atoms with E-state index in [0.29, 0.717) is 12.5 Å². The quantitative estimate of drug-likeness (QED) is 0.428. The summed E-state index contributed by atoms with van der Waals surface area (Å²) in [5.74, 6) is 0.469. The van der Waals surface area contributed by atoms with Gasteiger partial charge in [0, 0.05) is 28.4 Å². The summed E-state index contributed by atoms with van der Waals surface area (Å²) in [6.07, 6.45) is 3.09. The van der Waals surface area contributed by atoms with E-state index in [1.807, 2.05) is 41.3 Å². The molecule has 34 heavy (non-hydrogen) atoms. The van der Waals surface area contributed by atoms with Crippen molar-refractivity contribution < 1.29 is 9.53 Å².